The number of nitrogens with zero attached hydrogens (tertiary/aromatic N) is 1. The average molecular weight is 409 g/mol. The summed E-state index contributed by atoms with van der Waals surface area (Å²) in [4.78, 5) is 58.6. The summed E-state index contributed by atoms with van der Waals surface area (Å²) in [6.07, 6.45) is 5.14. The lowest BCUT2D eigenvalue weighted by Gasteiger charge is -2.13. The standard InChI is InChI=1S/C20H31N3O6/c1-15(2)16(24)14-22-18(26)9-12-29-13-10-21-17(25)6-4-3-5-11-23-19(27)7-8-20(23)28/h7-8,15H,3-6,9-14H2,1-2H3,(H,21,25)(H,22,26). The molecule has 0 bridgehead atoms. The number of Topliss-reactive ketones (excluding diaryl/α,β-unsaturated/α-hetero) is 1. The van der Waals surface area contributed by atoms with Gasteiger partial charge >= 0.3 is 0 Å². The highest BCUT2D eigenvalue weighted by Gasteiger charge is 2.22. The van der Waals surface area contributed by atoms with Gasteiger partial charge in [0.05, 0.1) is 19.8 Å². The van der Waals surface area contributed by atoms with Crippen molar-refractivity contribution in [1.82, 2.24) is 15.5 Å². The van der Waals surface area contributed by atoms with Crippen molar-refractivity contribution in [3.8, 4) is 0 Å². The van der Waals surface area contributed by atoms with Crippen LogP contribution >= 0.6 is 0 Å². The van der Waals surface area contributed by atoms with Gasteiger partial charge in [0.25, 0.3) is 11.8 Å². The van der Waals surface area contributed by atoms with Crippen LogP contribution in [-0.4, -0.2) is 67.2 Å². The summed E-state index contributed by atoms with van der Waals surface area (Å²) in [5.74, 6) is -1.02. The van der Waals surface area contributed by atoms with E-state index in [0.29, 0.717) is 39.0 Å². The maximum Gasteiger partial charge on any atom is 0.253 e. The van der Waals surface area contributed by atoms with Gasteiger partial charge in [-0.05, 0) is 12.8 Å². The summed E-state index contributed by atoms with van der Waals surface area (Å²) in [7, 11) is 0. The van der Waals surface area contributed by atoms with Gasteiger partial charge in [0.15, 0.2) is 5.78 Å². The molecular weight excluding hydrogens is 378 g/mol. The third-order valence-electron chi connectivity index (χ3n) is 4.33. The molecule has 29 heavy (non-hydrogen) atoms. The molecule has 1 aliphatic heterocycles. The SMILES string of the molecule is CC(C)C(=O)CNC(=O)CCOCCNC(=O)CCCCCN1C(=O)C=CC1=O. The molecule has 4 amide bonds. The molecular formula is C20H31N3O6. The van der Waals surface area contributed by atoms with Crippen LogP contribution in [0.25, 0.3) is 0 Å². The smallest absolute Gasteiger partial charge is 0.253 e. The molecule has 1 aliphatic rings. The Hall–Kier alpha value is -2.55. The number of unbranched alkanes of at least 4 members (excludes halogenated alkanes) is 2. The van der Waals surface area contributed by atoms with Crippen molar-refractivity contribution in [3.05, 3.63) is 12.2 Å². The Morgan fingerprint density at radius 1 is 0.931 bits per heavy atom. The van der Waals surface area contributed by atoms with Crippen molar-refractivity contribution in [2.75, 3.05) is 32.8 Å². The first-order valence-corrected chi connectivity index (χ1v) is 9.98. The molecule has 0 spiro atoms. The number of ketones is 1. The van der Waals surface area contributed by atoms with Crippen LogP contribution in [0.1, 0.15) is 46.0 Å². The van der Waals surface area contributed by atoms with Crippen molar-refractivity contribution in [1.29, 1.82) is 0 Å². The lowest BCUT2D eigenvalue weighted by Crippen LogP contribution is -2.32. The van der Waals surface area contributed by atoms with E-state index in [1.165, 1.54) is 17.1 Å². The Labute approximate surface area is 171 Å². The summed E-state index contributed by atoms with van der Waals surface area (Å²) in [6.45, 7) is 4.85. The third kappa shape index (κ3) is 10.5. The number of rotatable bonds is 15. The highest BCUT2D eigenvalue weighted by atomic mass is 16.5. The molecule has 2 N–H and O–H groups in total. The van der Waals surface area contributed by atoms with Gasteiger partial charge in [-0.3, -0.25) is 28.9 Å². The first-order valence-electron chi connectivity index (χ1n) is 9.98. The summed E-state index contributed by atoms with van der Waals surface area (Å²) in [5.41, 5.74) is 0. The quantitative estimate of drug-likeness (QED) is 0.297. The van der Waals surface area contributed by atoms with Gasteiger partial charge in [-0.25, -0.2) is 0 Å². The molecule has 9 heteroatoms. The Bertz CT molecular complexity index is 612. The fourth-order valence-corrected chi connectivity index (χ4v) is 2.48. The summed E-state index contributed by atoms with van der Waals surface area (Å²) in [6, 6.07) is 0. The second-order valence-electron chi connectivity index (χ2n) is 7.08. The fourth-order valence-electron chi connectivity index (χ4n) is 2.48. The minimum absolute atomic E-state index is 0.0167. The first-order chi connectivity index (χ1) is 13.8. The summed E-state index contributed by atoms with van der Waals surface area (Å²) >= 11 is 0. The van der Waals surface area contributed by atoms with Crippen LogP contribution < -0.4 is 10.6 Å². The Morgan fingerprint density at radius 2 is 1.59 bits per heavy atom. The number of nitrogens with one attached hydrogen (secondary N) is 2. The lowest BCUT2D eigenvalue weighted by molar-refractivity contribution is -0.137. The molecule has 9 nitrogen and oxygen atoms in total. The molecule has 0 radical (unpaired) electrons. The fraction of sp³-hybridized carbons (Fsp3) is 0.650. The lowest BCUT2D eigenvalue weighted by atomic mass is 10.1. The van der Waals surface area contributed by atoms with Crippen LogP contribution in [0.3, 0.4) is 0 Å². The molecule has 0 aromatic carbocycles. The monoisotopic (exact) mass is 409 g/mol. The van der Waals surface area contributed by atoms with Crippen molar-refractivity contribution in [2.45, 2.75) is 46.0 Å². The van der Waals surface area contributed by atoms with E-state index in [0.717, 1.165) is 6.42 Å². The molecule has 0 fully saturated rings. The number of carbonyl (C=O) groups excluding carboxylic acids is 5. The predicted molar refractivity (Wildman–Crippen MR) is 106 cm³/mol. The van der Waals surface area contributed by atoms with Gasteiger partial charge in [-0.15, -0.1) is 0 Å². The van der Waals surface area contributed by atoms with E-state index in [1.807, 2.05) is 0 Å². The van der Waals surface area contributed by atoms with E-state index in [4.69, 9.17) is 4.74 Å². The first kappa shape index (κ1) is 24.5. The number of imide groups is 1. The van der Waals surface area contributed by atoms with Gasteiger partial charge < -0.3 is 15.4 Å². The number of hydrogen-bond acceptors (Lipinski definition) is 6. The number of amides is 4. The molecule has 0 saturated heterocycles. The topological polar surface area (TPSA) is 122 Å². The summed E-state index contributed by atoms with van der Waals surface area (Å²) < 4.78 is 5.29. The van der Waals surface area contributed by atoms with Crippen LogP contribution in [0.2, 0.25) is 0 Å². The van der Waals surface area contributed by atoms with E-state index < -0.39 is 0 Å². The Kier molecular flexibility index (Phi) is 11.5. The zero-order valence-corrected chi connectivity index (χ0v) is 17.2. The maximum absolute atomic E-state index is 11.7. The van der Waals surface area contributed by atoms with E-state index in [-0.39, 0.29) is 54.9 Å². The molecule has 1 rings (SSSR count). The van der Waals surface area contributed by atoms with E-state index in [9.17, 15) is 24.0 Å². The highest BCUT2D eigenvalue weighted by molar-refractivity contribution is 6.12. The van der Waals surface area contributed by atoms with Gasteiger partial charge in [0, 0.05) is 44.0 Å². The predicted octanol–water partition coefficient (Wildman–Crippen LogP) is 0.336. The molecule has 1 heterocycles. The van der Waals surface area contributed by atoms with Gasteiger partial charge in [0.1, 0.15) is 0 Å². The van der Waals surface area contributed by atoms with Gasteiger partial charge in [0.2, 0.25) is 11.8 Å². The van der Waals surface area contributed by atoms with Crippen molar-refractivity contribution in [3.63, 3.8) is 0 Å². The minimum atomic E-state index is -0.283. The van der Waals surface area contributed by atoms with Gasteiger partial charge in [-0.1, -0.05) is 20.3 Å². The average Bonchev–Trinajstić information content (AvgIpc) is 3.00. The van der Waals surface area contributed by atoms with E-state index in [2.05, 4.69) is 10.6 Å². The Morgan fingerprint density at radius 3 is 2.24 bits per heavy atom. The number of ether oxygens (including phenoxy) is 1. The highest BCUT2D eigenvalue weighted by Crippen LogP contribution is 2.07. The molecule has 0 saturated carbocycles. The molecule has 0 aromatic heterocycles. The maximum atomic E-state index is 11.7. The van der Waals surface area contributed by atoms with Crippen molar-refractivity contribution < 1.29 is 28.7 Å². The van der Waals surface area contributed by atoms with E-state index >= 15 is 0 Å². The molecule has 0 atom stereocenters. The van der Waals surface area contributed by atoms with Crippen molar-refractivity contribution in [2.24, 2.45) is 5.92 Å². The normalized spacial score (nSPS) is 13.3. The zero-order valence-electron chi connectivity index (χ0n) is 17.2. The molecule has 162 valence electrons. The second-order valence-corrected chi connectivity index (χ2v) is 7.08. The molecule has 0 aromatic rings. The minimum Gasteiger partial charge on any atom is -0.379 e. The molecule has 0 aliphatic carbocycles. The van der Waals surface area contributed by atoms with Crippen molar-refractivity contribution >= 4 is 29.4 Å². The molecule has 0 unspecified atom stereocenters. The Balaban J connectivity index is 1.92. The summed E-state index contributed by atoms with van der Waals surface area (Å²) in [5, 5.41) is 5.28. The van der Waals surface area contributed by atoms with Crippen LogP contribution in [0.4, 0.5) is 0 Å². The zero-order chi connectivity index (χ0) is 21.6. The van der Waals surface area contributed by atoms with Crippen LogP contribution in [0.15, 0.2) is 12.2 Å². The number of hydrogen-bond donors (Lipinski definition) is 2. The van der Waals surface area contributed by atoms with Gasteiger partial charge in [-0.2, -0.15) is 0 Å². The van der Waals surface area contributed by atoms with Crippen LogP contribution in [0.5, 0.6) is 0 Å². The van der Waals surface area contributed by atoms with Crippen LogP contribution in [-0.2, 0) is 28.7 Å². The van der Waals surface area contributed by atoms with E-state index in [1.54, 1.807) is 13.8 Å². The van der Waals surface area contributed by atoms with Crippen LogP contribution in [0, 0.1) is 5.92 Å². The largest absolute Gasteiger partial charge is 0.379 e. The second kappa shape index (κ2) is 13.6. The number of carbonyl (C=O) groups is 5. The third-order valence-corrected chi connectivity index (χ3v) is 4.33.